The van der Waals surface area contributed by atoms with Crippen molar-refractivity contribution in [3.05, 3.63) is 76.3 Å². The van der Waals surface area contributed by atoms with Crippen LogP contribution in [0.3, 0.4) is 0 Å². The molecule has 3 aromatic carbocycles. The fourth-order valence-corrected chi connectivity index (χ4v) is 3.82. The molecule has 7 heteroatoms. The van der Waals surface area contributed by atoms with Gasteiger partial charge in [0, 0.05) is 18.7 Å². The zero-order valence-corrected chi connectivity index (χ0v) is 14.5. The van der Waals surface area contributed by atoms with Crippen LogP contribution >= 0.6 is 0 Å². The van der Waals surface area contributed by atoms with Crippen LogP contribution < -0.4 is 4.31 Å². The summed E-state index contributed by atoms with van der Waals surface area (Å²) >= 11 is 0. The molecule has 0 spiro atoms. The van der Waals surface area contributed by atoms with Crippen molar-refractivity contribution in [2.24, 2.45) is 0 Å². The van der Waals surface area contributed by atoms with E-state index in [1.807, 2.05) is 30.3 Å². The molecule has 3 aromatic rings. The first-order valence-electron chi connectivity index (χ1n) is 7.53. The molecule has 0 aliphatic heterocycles. The van der Waals surface area contributed by atoms with Crippen LogP contribution in [0.2, 0.25) is 0 Å². The number of nitro groups is 1. The van der Waals surface area contributed by atoms with Gasteiger partial charge in [0.25, 0.3) is 15.7 Å². The normalized spacial score (nSPS) is 11.4. The van der Waals surface area contributed by atoms with Gasteiger partial charge in [0.2, 0.25) is 0 Å². The molecule has 0 aliphatic rings. The van der Waals surface area contributed by atoms with Gasteiger partial charge in [-0.15, -0.1) is 0 Å². The van der Waals surface area contributed by atoms with Gasteiger partial charge in [-0.05, 0) is 35.9 Å². The molecular weight excluding hydrogens is 340 g/mol. The molecule has 0 radical (unpaired) electrons. The van der Waals surface area contributed by atoms with Gasteiger partial charge in [-0.3, -0.25) is 14.4 Å². The van der Waals surface area contributed by atoms with E-state index in [0.29, 0.717) is 11.3 Å². The maximum atomic E-state index is 12.9. The number of aryl methyl sites for hydroxylation is 1. The Balaban J connectivity index is 2.06. The smallest absolute Gasteiger partial charge is 0.269 e. The Hall–Kier alpha value is -2.93. The van der Waals surface area contributed by atoms with Gasteiger partial charge in [-0.1, -0.05) is 36.4 Å². The lowest BCUT2D eigenvalue weighted by Crippen LogP contribution is -2.26. The summed E-state index contributed by atoms with van der Waals surface area (Å²) < 4.78 is 26.8. The third kappa shape index (κ3) is 3.06. The summed E-state index contributed by atoms with van der Waals surface area (Å²) in [7, 11) is -2.47. The molecule has 3 rings (SSSR count). The minimum absolute atomic E-state index is 0.111. The van der Waals surface area contributed by atoms with Gasteiger partial charge < -0.3 is 0 Å². The predicted octanol–water partition coefficient (Wildman–Crippen LogP) is 3.88. The van der Waals surface area contributed by atoms with Gasteiger partial charge >= 0.3 is 0 Å². The quantitative estimate of drug-likeness (QED) is 0.525. The van der Waals surface area contributed by atoms with Crippen molar-refractivity contribution < 1.29 is 13.3 Å². The Morgan fingerprint density at radius 2 is 1.64 bits per heavy atom. The molecule has 128 valence electrons. The van der Waals surface area contributed by atoms with Crippen LogP contribution in [0.25, 0.3) is 10.8 Å². The van der Waals surface area contributed by atoms with Crippen molar-refractivity contribution in [2.45, 2.75) is 11.8 Å². The van der Waals surface area contributed by atoms with Gasteiger partial charge in [0.1, 0.15) is 0 Å². The standard InChI is InChI=1S/C18H16N2O4S/c1-13-7-10-17(12-18(13)20(21)22)25(23,24)19(2)16-9-8-14-5-3-4-6-15(14)11-16/h3-12H,1-2H3. The van der Waals surface area contributed by atoms with Crippen LogP contribution in [0.15, 0.2) is 65.6 Å². The van der Waals surface area contributed by atoms with Crippen molar-refractivity contribution in [1.82, 2.24) is 0 Å². The topological polar surface area (TPSA) is 80.5 Å². The van der Waals surface area contributed by atoms with Crippen LogP contribution in [0.4, 0.5) is 11.4 Å². The first-order chi connectivity index (χ1) is 11.8. The third-order valence-corrected chi connectivity index (χ3v) is 5.91. The summed E-state index contributed by atoms with van der Waals surface area (Å²) in [6.07, 6.45) is 0. The van der Waals surface area contributed by atoms with E-state index in [9.17, 15) is 18.5 Å². The SMILES string of the molecule is Cc1ccc(S(=O)(=O)N(C)c2ccc3ccccc3c2)cc1[N+](=O)[O-]. The first-order valence-corrected chi connectivity index (χ1v) is 8.97. The van der Waals surface area contributed by atoms with Crippen LogP contribution in [-0.4, -0.2) is 20.4 Å². The second-order valence-corrected chi connectivity index (χ2v) is 7.68. The van der Waals surface area contributed by atoms with Gasteiger partial charge in [-0.2, -0.15) is 0 Å². The Morgan fingerprint density at radius 3 is 2.32 bits per heavy atom. The summed E-state index contributed by atoms with van der Waals surface area (Å²) in [6.45, 7) is 1.57. The highest BCUT2D eigenvalue weighted by Gasteiger charge is 2.24. The minimum Gasteiger partial charge on any atom is -0.269 e. The lowest BCUT2D eigenvalue weighted by molar-refractivity contribution is -0.385. The maximum Gasteiger partial charge on any atom is 0.273 e. The Bertz CT molecular complexity index is 1080. The maximum absolute atomic E-state index is 12.9. The minimum atomic E-state index is -3.90. The molecule has 0 fully saturated rings. The lowest BCUT2D eigenvalue weighted by Gasteiger charge is -2.20. The molecule has 0 saturated carbocycles. The average molecular weight is 356 g/mol. The van der Waals surface area contributed by atoms with Gasteiger partial charge in [0.05, 0.1) is 15.5 Å². The number of benzene rings is 3. The van der Waals surface area contributed by atoms with E-state index < -0.39 is 14.9 Å². The highest BCUT2D eigenvalue weighted by molar-refractivity contribution is 7.92. The zero-order valence-electron chi connectivity index (χ0n) is 13.7. The Kier molecular flexibility index (Phi) is 4.18. The highest BCUT2D eigenvalue weighted by Crippen LogP contribution is 2.28. The molecule has 25 heavy (non-hydrogen) atoms. The van der Waals surface area contributed by atoms with Crippen molar-refractivity contribution in [2.75, 3.05) is 11.4 Å². The van der Waals surface area contributed by atoms with E-state index in [4.69, 9.17) is 0 Å². The summed E-state index contributed by atoms with van der Waals surface area (Å²) in [6, 6.07) is 16.9. The number of hydrogen-bond acceptors (Lipinski definition) is 4. The number of anilines is 1. The number of nitro benzene ring substituents is 1. The summed E-state index contributed by atoms with van der Waals surface area (Å²) in [4.78, 5) is 10.4. The second-order valence-electron chi connectivity index (χ2n) is 5.71. The summed E-state index contributed by atoms with van der Waals surface area (Å²) in [5.74, 6) is 0. The van der Waals surface area contributed by atoms with Crippen LogP contribution in [0, 0.1) is 17.0 Å². The summed E-state index contributed by atoms with van der Waals surface area (Å²) in [5, 5.41) is 13.0. The van der Waals surface area contributed by atoms with Crippen molar-refractivity contribution in [3.63, 3.8) is 0 Å². The van der Waals surface area contributed by atoms with E-state index in [1.54, 1.807) is 19.1 Å². The number of fused-ring (bicyclic) bond motifs is 1. The Labute approximate surface area is 145 Å². The monoisotopic (exact) mass is 356 g/mol. The molecule has 6 nitrogen and oxygen atoms in total. The third-order valence-electron chi connectivity index (χ3n) is 4.13. The van der Waals surface area contributed by atoms with Crippen LogP contribution in [0.5, 0.6) is 0 Å². The fourth-order valence-electron chi connectivity index (χ4n) is 2.62. The van der Waals surface area contributed by atoms with E-state index >= 15 is 0 Å². The van der Waals surface area contributed by atoms with Gasteiger partial charge in [-0.25, -0.2) is 8.42 Å². The number of hydrogen-bond donors (Lipinski definition) is 0. The van der Waals surface area contributed by atoms with E-state index in [-0.39, 0.29) is 10.6 Å². The first kappa shape index (κ1) is 16.9. The lowest BCUT2D eigenvalue weighted by atomic mass is 10.1. The second kappa shape index (κ2) is 6.18. The molecule has 0 saturated heterocycles. The average Bonchev–Trinajstić information content (AvgIpc) is 2.60. The van der Waals surface area contributed by atoms with Crippen molar-refractivity contribution >= 4 is 32.2 Å². The van der Waals surface area contributed by atoms with E-state index in [1.165, 1.54) is 19.2 Å². The number of nitrogens with zero attached hydrogens (tertiary/aromatic N) is 2. The molecule has 0 aliphatic carbocycles. The Morgan fingerprint density at radius 1 is 0.960 bits per heavy atom. The molecule has 0 amide bonds. The predicted molar refractivity (Wildman–Crippen MR) is 97.4 cm³/mol. The summed E-state index contributed by atoms with van der Waals surface area (Å²) in [5.41, 5.74) is 0.687. The molecule has 0 atom stereocenters. The number of sulfonamides is 1. The molecule has 0 unspecified atom stereocenters. The van der Waals surface area contributed by atoms with Gasteiger partial charge in [0.15, 0.2) is 0 Å². The number of rotatable bonds is 4. The van der Waals surface area contributed by atoms with Crippen molar-refractivity contribution in [1.29, 1.82) is 0 Å². The van der Waals surface area contributed by atoms with Crippen molar-refractivity contribution in [3.8, 4) is 0 Å². The highest BCUT2D eigenvalue weighted by atomic mass is 32.2. The zero-order chi connectivity index (χ0) is 18.2. The molecular formula is C18H16N2O4S. The van der Waals surface area contributed by atoms with Crippen LogP contribution in [-0.2, 0) is 10.0 Å². The van der Waals surface area contributed by atoms with Crippen LogP contribution in [0.1, 0.15) is 5.56 Å². The molecule has 0 heterocycles. The molecule has 0 N–H and O–H groups in total. The molecule has 0 aromatic heterocycles. The van der Waals surface area contributed by atoms with E-state index in [2.05, 4.69) is 0 Å². The fraction of sp³-hybridized carbons (Fsp3) is 0.111. The van der Waals surface area contributed by atoms with E-state index in [0.717, 1.165) is 21.1 Å². The molecule has 0 bridgehead atoms. The largest absolute Gasteiger partial charge is 0.273 e.